The number of nitrogens with one attached hydrogen (secondary N) is 1. The second-order valence-electron chi connectivity index (χ2n) is 7.10. The molecule has 0 aliphatic carbocycles. The molecule has 8 heteroatoms. The number of H-pyrrole nitrogens is 1. The van der Waals surface area contributed by atoms with Gasteiger partial charge in [0, 0.05) is 18.2 Å². The van der Waals surface area contributed by atoms with Crippen molar-refractivity contribution < 1.29 is 13.9 Å². The van der Waals surface area contributed by atoms with E-state index in [1.165, 1.54) is 0 Å². The van der Waals surface area contributed by atoms with Gasteiger partial charge in [-0.1, -0.05) is 27.7 Å². The Morgan fingerprint density at radius 3 is 2.84 bits per heavy atom. The molecular formula is C17H25N5O3. The van der Waals surface area contributed by atoms with Crippen molar-refractivity contribution in [3.63, 3.8) is 0 Å². The molecule has 1 amide bonds. The number of aromatic nitrogens is 4. The number of morpholine rings is 1. The first kappa shape index (κ1) is 17.6. The van der Waals surface area contributed by atoms with E-state index < -0.39 is 0 Å². The molecular weight excluding hydrogens is 322 g/mol. The summed E-state index contributed by atoms with van der Waals surface area (Å²) >= 11 is 0. The topological polar surface area (TPSA) is 97.1 Å². The van der Waals surface area contributed by atoms with Crippen molar-refractivity contribution in [2.24, 2.45) is 5.92 Å². The first-order chi connectivity index (χ1) is 12.0. The minimum absolute atomic E-state index is 0.139. The standard InChI is InChI=1S/C17H25N5O3/c1-10(2)7-12-8-13(19-18-12)17(23)22-5-6-24-9-14(22)16-21-20-15(25-16)11(3)4/h8,10-11,14H,5-7,9H2,1-4H3,(H,18,19). The molecule has 3 rings (SSSR count). The normalized spacial score (nSPS) is 18.3. The van der Waals surface area contributed by atoms with Gasteiger partial charge in [-0.15, -0.1) is 10.2 Å². The van der Waals surface area contributed by atoms with Crippen molar-refractivity contribution in [1.82, 2.24) is 25.3 Å². The van der Waals surface area contributed by atoms with Gasteiger partial charge in [0.05, 0.1) is 13.2 Å². The van der Waals surface area contributed by atoms with Gasteiger partial charge in [0.15, 0.2) is 0 Å². The molecule has 136 valence electrons. The molecule has 1 atom stereocenters. The van der Waals surface area contributed by atoms with E-state index in [1.807, 2.05) is 19.9 Å². The minimum atomic E-state index is -0.383. The molecule has 0 radical (unpaired) electrons. The molecule has 2 aromatic rings. The summed E-state index contributed by atoms with van der Waals surface area (Å²) < 4.78 is 11.3. The Balaban J connectivity index is 1.80. The van der Waals surface area contributed by atoms with Gasteiger partial charge in [-0.25, -0.2) is 0 Å². The van der Waals surface area contributed by atoms with E-state index in [9.17, 15) is 4.79 Å². The van der Waals surface area contributed by atoms with E-state index in [-0.39, 0.29) is 17.9 Å². The highest BCUT2D eigenvalue weighted by Gasteiger charge is 2.34. The molecule has 3 heterocycles. The highest BCUT2D eigenvalue weighted by molar-refractivity contribution is 5.92. The minimum Gasteiger partial charge on any atom is -0.423 e. The van der Waals surface area contributed by atoms with Crippen LogP contribution in [0.1, 0.15) is 67.6 Å². The van der Waals surface area contributed by atoms with Gasteiger partial charge < -0.3 is 14.1 Å². The number of nitrogens with zero attached hydrogens (tertiary/aromatic N) is 4. The summed E-state index contributed by atoms with van der Waals surface area (Å²) in [5, 5.41) is 15.3. The molecule has 1 unspecified atom stereocenters. The van der Waals surface area contributed by atoms with Crippen LogP contribution in [0.2, 0.25) is 0 Å². The van der Waals surface area contributed by atoms with Crippen LogP contribution in [-0.2, 0) is 11.2 Å². The summed E-state index contributed by atoms with van der Waals surface area (Å²) in [6.07, 6.45) is 0.855. The smallest absolute Gasteiger partial charge is 0.275 e. The summed E-state index contributed by atoms with van der Waals surface area (Å²) in [4.78, 5) is 14.6. The lowest BCUT2D eigenvalue weighted by Gasteiger charge is -2.32. The Bertz CT molecular complexity index is 721. The quantitative estimate of drug-likeness (QED) is 0.891. The molecule has 1 N–H and O–H groups in total. The fraction of sp³-hybridized carbons (Fsp3) is 0.647. The summed E-state index contributed by atoms with van der Waals surface area (Å²) in [5.41, 5.74) is 1.37. The van der Waals surface area contributed by atoms with Crippen molar-refractivity contribution in [1.29, 1.82) is 0 Å². The first-order valence-corrected chi connectivity index (χ1v) is 8.72. The monoisotopic (exact) mass is 347 g/mol. The first-order valence-electron chi connectivity index (χ1n) is 8.72. The molecule has 1 aliphatic heterocycles. The highest BCUT2D eigenvalue weighted by atomic mass is 16.5. The number of carbonyl (C=O) groups is 1. The molecule has 8 nitrogen and oxygen atoms in total. The van der Waals surface area contributed by atoms with E-state index in [0.717, 1.165) is 12.1 Å². The van der Waals surface area contributed by atoms with E-state index in [1.54, 1.807) is 4.90 Å². The molecule has 0 saturated carbocycles. The van der Waals surface area contributed by atoms with Crippen molar-refractivity contribution in [2.45, 2.75) is 46.1 Å². The third kappa shape index (κ3) is 3.89. The Hall–Kier alpha value is -2.22. The van der Waals surface area contributed by atoms with Crippen LogP contribution in [0.5, 0.6) is 0 Å². The number of rotatable bonds is 5. The van der Waals surface area contributed by atoms with E-state index in [4.69, 9.17) is 9.15 Å². The zero-order chi connectivity index (χ0) is 18.0. The van der Waals surface area contributed by atoms with Crippen molar-refractivity contribution in [3.8, 4) is 0 Å². The van der Waals surface area contributed by atoms with Crippen LogP contribution in [0.4, 0.5) is 0 Å². The lowest BCUT2D eigenvalue weighted by atomic mass is 10.1. The predicted molar refractivity (Wildman–Crippen MR) is 90.1 cm³/mol. The van der Waals surface area contributed by atoms with Gasteiger partial charge in [0.25, 0.3) is 5.91 Å². The van der Waals surface area contributed by atoms with Crippen molar-refractivity contribution in [3.05, 3.63) is 29.2 Å². The number of ether oxygens (including phenoxy) is 1. The van der Waals surface area contributed by atoms with Crippen LogP contribution < -0.4 is 0 Å². The van der Waals surface area contributed by atoms with E-state index in [0.29, 0.717) is 43.2 Å². The third-order valence-corrected chi connectivity index (χ3v) is 4.10. The van der Waals surface area contributed by atoms with Gasteiger partial charge in [-0.05, 0) is 18.4 Å². The Morgan fingerprint density at radius 1 is 1.36 bits per heavy atom. The second-order valence-corrected chi connectivity index (χ2v) is 7.10. The zero-order valence-electron chi connectivity index (χ0n) is 15.2. The van der Waals surface area contributed by atoms with Gasteiger partial charge in [-0.3, -0.25) is 9.89 Å². The summed E-state index contributed by atoms with van der Waals surface area (Å²) in [6.45, 7) is 9.51. The second kappa shape index (κ2) is 7.35. The SMILES string of the molecule is CC(C)Cc1cc(C(=O)N2CCOCC2c2nnc(C(C)C)o2)n[nH]1. The van der Waals surface area contributed by atoms with Gasteiger partial charge in [-0.2, -0.15) is 5.10 Å². The van der Waals surface area contributed by atoms with Crippen molar-refractivity contribution >= 4 is 5.91 Å². The number of carbonyl (C=O) groups excluding carboxylic acids is 1. The van der Waals surface area contributed by atoms with Crippen LogP contribution in [-0.4, -0.2) is 51.0 Å². The zero-order valence-corrected chi connectivity index (χ0v) is 15.2. The average Bonchev–Trinajstić information content (AvgIpc) is 3.23. The maximum absolute atomic E-state index is 12.9. The highest BCUT2D eigenvalue weighted by Crippen LogP contribution is 2.26. The average molecular weight is 347 g/mol. The fourth-order valence-electron chi connectivity index (χ4n) is 2.83. The largest absolute Gasteiger partial charge is 0.423 e. The molecule has 2 aromatic heterocycles. The van der Waals surface area contributed by atoms with Crippen LogP contribution in [0.25, 0.3) is 0 Å². The number of aromatic amines is 1. The maximum atomic E-state index is 12.9. The third-order valence-electron chi connectivity index (χ3n) is 4.10. The molecule has 25 heavy (non-hydrogen) atoms. The molecule has 0 spiro atoms. The Labute approximate surface area is 146 Å². The van der Waals surface area contributed by atoms with Crippen LogP contribution in [0.15, 0.2) is 10.5 Å². The lowest BCUT2D eigenvalue weighted by molar-refractivity contribution is -0.0110. The van der Waals surface area contributed by atoms with Crippen LogP contribution >= 0.6 is 0 Å². The molecule has 1 fully saturated rings. The van der Waals surface area contributed by atoms with E-state index in [2.05, 4.69) is 34.2 Å². The lowest BCUT2D eigenvalue weighted by Crippen LogP contribution is -2.43. The van der Waals surface area contributed by atoms with Crippen LogP contribution in [0, 0.1) is 5.92 Å². The Kier molecular flexibility index (Phi) is 5.17. The molecule has 0 bridgehead atoms. The van der Waals surface area contributed by atoms with Gasteiger partial charge >= 0.3 is 0 Å². The van der Waals surface area contributed by atoms with Crippen LogP contribution in [0.3, 0.4) is 0 Å². The maximum Gasteiger partial charge on any atom is 0.275 e. The number of hydrogen-bond donors (Lipinski definition) is 1. The van der Waals surface area contributed by atoms with Gasteiger partial charge in [0.2, 0.25) is 11.8 Å². The Morgan fingerprint density at radius 2 is 2.16 bits per heavy atom. The predicted octanol–water partition coefficient (Wildman–Crippen LogP) is 2.33. The summed E-state index contributed by atoms with van der Waals surface area (Å²) in [6, 6.07) is 1.44. The molecule has 1 aliphatic rings. The molecule has 0 aromatic carbocycles. The summed E-state index contributed by atoms with van der Waals surface area (Å²) in [7, 11) is 0. The van der Waals surface area contributed by atoms with Gasteiger partial charge in [0.1, 0.15) is 11.7 Å². The summed E-state index contributed by atoms with van der Waals surface area (Å²) in [5.74, 6) is 1.46. The fourth-order valence-corrected chi connectivity index (χ4v) is 2.83. The van der Waals surface area contributed by atoms with Crippen molar-refractivity contribution in [2.75, 3.05) is 19.8 Å². The number of hydrogen-bond acceptors (Lipinski definition) is 6. The molecule has 1 saturated heterocycles. The number of amides is 1. The van der Waals surface area contributed by atoms with E-state index >= 15 is 0 Å².